The monoisotopic (exact) mass is 670 g/mol. The Kier molecular flexibility index (Phi) is 6.57. The SMILES string of the molecule is c1ccc(C2(c3ccccc3)c3ccccc3-c3ccc4cc(-c5c6ccccc6c(-c6cccc7ccccc67)c6ccccc56)ccc4c32)cc1. The molecule has 0 heteroatoms. The zero-order valence-electron chi connectivity index (χ0n) is 29.1. The molecular weight excluding hydrogens is 637 g/mol. The van der Waals surface area contributed by atoms with Gasteiger partial charge in [-0.05, 0) is 105 Å². The fourth-order valence-corrected chi connectivity index (χ4v) is 9.61. The molecule has 1 aliphatic carbocycles. The molecule has 0 unspecified atom stereocenters. The minimum atomic E-state index is -0.449. The van der Waals surface area contributed by atoms with Gasteiger partial charge in [0.2, 0.25) is 0 Å². The summed E-state index contributed by atoms with van der Waals surface area (Å²) in [5.74, 6) is 0. The summed E-state index contributed by atoms with van der Waals surface area (Å²) in [7, 11) is 0. The van der Waals surface area contributed by atoms with Gasteiger partial charge in [0, 0.05) is 0 Å². The van der Waals surface area contributed by atoms with E-state index in [4.69, 9.17) is 0 Å². The molecule has 0 N–H and O–H groups in total. The van der Waals surface area contributed by atoms with E-state index in [0.717, 1.165) is 0 Å². The van der Waals surface area contributed by atoms with E-state index in [1.54, 1.807) is 0 Å². The lowest BCUT2D eigenvalue weighted by Crippen LogP contribution is -2.28. The van der Waals surface area contributed by atoms with Crippen molar-refractivity contribution in [1.29, 1.82) is 0 Å². The molecule has 0 atom stereocenters. The topological polar surface area (TPSA) is 0 Å². The third-order valence-corrected chi connectivity index (χ3v) is 11.7. The fourth-order valence-electron chi connectivity index (χ4n) is 9.61. The molecule has 10 aromatic carbocycles. The van der Waals surface area contributed by atoms with Crippen LogP contribution >= 0.6 is 0 Å². The molecule has 0 heterocycles. The molecule has 246 valence electrons. The molecule has 10 aromatic rings. The Morgan fingerprint density at radius 2 is 0.811 bits per heavy atom. The normalized spacial score (nSPS) is 13.1. The van der Waals surface area contributed by atoms with E-state index in [0.29, 0.717) is 0 Å². The van der Waals surface area contributed by atoms with Crippen LogP contribution in [0.3, 0.4) is 0 Å². The average molecular weight is 671 g/mol. The van der Waals surface area contributed by atoms with Crippen LogP contribution in [0, 0.1) is 0 Å². The molecule has 0 spiro atoms. The average Bonchev–Trinajstić information content (AvgIpc) is 3.54. The van der Waals surface area contributed by atoms with Crippen LogP contribution in [0.2, 0.25) is 0 Å². The molecule has 1 aliphatic rings. The van der Waals surface area contributed by atoms with Crippen molar-refractivity contribution in [3.05, 3.63) is 229 Å². The van der Waals surface area contributed by atoms with E-state index in [1.165, 1.54) is 98.7 Å². The summed E-state index contributed by atoms with van der Waals surface area (Å²) in [4.78, 5) is 0. The second kappa shape index (κ2) is 11.6. The summed E-state index contributed by atoms with van der Waals surface area (Å²) < 4.78 is 0. The smallest absolute Gasteiger partial charge is 0.0622 e. The van der Waals surface area contributed by atoms with E-state index in [-0.39, 0.29) is 0 Å². The maximum absolute atomic E-state index is 2.44. The van der Waals surface area contributed by atoms with Crippen LogP contribution in [-0.4, -0.2) is 0 Å². The molecule has 53 heavy (non-hydrogen) atoms. The van der Waals surface area contributed by atoms with Gasteiger partial charge in [-0.15, -0.1) is 0 Å². The molecular formula is C53H34. The highest BCUT2D eigenvalue weighted by molar-refractivity contribution is 6.24. The lowest BCUT2D eigenvalue weighted by atomic mass is 9.66. The van der Waals surface area contributed by atoms with Crippen molar-refractivity contribution in [2.24, 2.45) is 0 Å². The Bertz CT molecular complexity index is 2940. The van der Waals surface area contributed by atoms with Crippen molar-refractivity contribution in [2.45, 2.75) is 5.41 Å². The fraction of sp³-hybridized carbons (Fsp3) is 0.0189. The predicted molar refractivity (Wildman–Crippen MR) is 225 cm³/mol. The highest BCUT2D eigenvalue weighted by Gasteiger charge is 2.46. The van der Waals surface area contributed by atoms with Crippen molar-refractivity contribution in [3.63, 3.8) is 0 Å². The largest absolute Gasteiger partial charge is 0.0719 e. The van der Waals surface area contributed by atoms with Crippen molar-refractivity contribution < 1.29 is 0 Å². The Morgan fingerprint density at radius 1 is 0.283 bits per heavy atom. The van der Waals surface area contributed by atoms with Gasteiger partial charge in [0.25, 0.3) is 0 Å². The molecule has 0 radical (unpaired) electrons. The quantitative estimate of drug-likeness (QED) is 0.164. The molecule has 0 aromatic heterocycles. The van der Waals surface area contributed by atoms with Crippen LogP contribution in [-0.2, 0) is 5.41 Å². The van der Waals surface area contributed by atoms with E-state index in [1.807, 2.05) is 0 Å². The highest BCUT2D eigenvalue weighted by Crippen LogP contribution is 2.58. The van der Waals surface area contributed by atoms with E-state index in [2.05, 4.69) is 206 Å². The third-order valence-electron chi connectivity index (χ3n) is 11.7. The van der Waals surface area contributed by atoms with E-state index >= 15 is 0 Å². The first-order chi connectivity index (χ1) is 26.3. The van der Waals surface area contributed by atoms with Gasteiger partial charge in [0.1, 0.15) is 0 Å². The Balaban J connectivity index is 1.21. The molecule has 0 saturated heterocycles. The van der Waals surface area contributed by atoms with Gasteiger partial charge in [-0.2, -0.15) is 0 Å². The van der Waals surface area contributed by atoms with Crippen molar-refractivity contribution in [1.82, 2.24) is 0 Å². The highest BCUT2D eigenvalue weighted by atomic mass is 14.5. The molecule has 0 amide bonds. The molecule has 0 fully saturated rings. The van der Waals surface area contributed by atoms with Crippen molar-refractivity contribution in [2.75, 3.05) is 0 Å². The van der Waals surface area contributed by atoms with Gasteiger partial charge in [0.05, 0.1) is 5.41 Å². The second-order valence-electron chi connectivity index (χ2n) is 14.3. The van der Waals surface area contributed by atoms with Crippen LogP contribution in [0.1, 0.15) is 22.3 Å². The first-order valence-electron chi connectivity index (χ1n) is 18.5. The Morgan fingerprint density at radius 3 is 1.49 bits per heavy atom. The molecule has 0 saturated carbocycles. The summed E-state index contributed by atoms with van der Waals surface area (Å²) in [6.45, 7) is 0. The van der Waals surface area contributed by atoms with Crippen LogP contribution < -0.4 is 0 Å². The van der Waals surface area contributed by atoms with Crippen LogP contribution in [0.25, 0.3) is 76.5 Å². The summed E-state index contributed by atoms with van der Waals surface area (Å²) in [5.41, 5.74) is 12.5. The molecule has 11 rings (SSSR count). The zero-order valence-corrected chi connectivity index (χ0v) is 29.1. The van der Waals surface area contributed by atoms with Gasteiger partial charge in [-0.1, -0.05) is 200 Å². The van der Waals surface area contributed by atoms with Crippen LogP contribution in [0.4, 0.5) is 0 Å². The van der Waals surface area contributed by atoms with Gasteiger partial charge in [-0.25, -0.2) is 0 Å². The number of rotatable bonds is 4. The van der Waals surface area contributed by atoms with Crippen molar-refractivity contribution >= 4 is 43.1 Å². The maximum atomic E-state index is 2.44. The molecule has 0 nitrogen and oxygen atoms in total. The number of benzene rings is 10. The summed E-state index contributed by atoms with van der Waals surface area (Å²) in [6, 6.07) is 76.6. The summed E-state index contributed by atoms with van der Waals surface area (Å²) in [6.07, 6.45) is 0. The Hall–Kier alpha value is -6.76. The number of fused-ring (bicyclic) bond motifs is 8. The van der Waals surface area contributed by atoms with E-state index in [9.17, 15) is 0 Å². The van der Waals surface area contributed by atoms with Crippen LogP contribution in [0.15, 0.2) is 206 Å². The summed E-state index contributed by atoms with van der Waals surface area (Å²) >= 11 is 0. The zero-order chi connectivity index (χ0) is 34.9. The van der Waals surface area contributed by atoms with Crippen molar-refractivity contribution in [3.8, 4) is 33.4 Å². The summed E-state index contributed by atoms with van der Waals surface area (Å²) in [5, 5.41) is 10.2. The standard InChI is InChI=1S/C53H34/c1-3-18-38(19-4-1)53(39-20-5-2-6-21-39)49-29-14-13-23-42(49)48-33-30-36-34-37(31-32-41(36)52(48)53)50-44-24-9-11-26-46(44)51(47-27-12-10-25-45(47)50)43-28-15-17-35-16-7-8-22-40(35)43/h1-34H. The third kappa shape index (κ3) is 4.24. The van der Waals surface area contributed by atoms with Gasteiger partial charge in [0.15, 0.2) is 0 Å². The molecule has 0 aliphatic heterocycles. The second-order valence-corrected chi connectivity index (χ2v) is 14.3. The first-order valence-corrected chi connectivity index (χ1v) is 18.5. The lowest BCUT2D eigenvalue weighted by Gasteiger charge is -2.34. The number of hydrogen-bond acceptors (Lipinski definition) is 0. The Labute approximate surface area is 309 Å². The van der Waals surface area contributed by atoms with Gasteiger partial charge in [-0.3, -0.25) is 0 Å². The van der Waals surface area contributed by atoms with Crippen LogP contribution in [0.5, 0.6) is 0 Å². The minimum absolute atomic E-state index is 0.449. The predicted octanol–water partition coefficient (Wildman–Crippen LogP) is 14.0. The van der Waals surface area contributed by atoms with Gasteiger partial charge < -0.3 is 0 Å². The number of hydrogen-bond donors (Lipinski definition) is 0. The maximum Gasteiger partial charge on any atom is 0.0719 e. The minimum Gasteiger partial charge on any atom is -0.0622 e. The lowest BCUT2D eigenvalue weighted by molar-refractivity contribution is 0.775. The van der Waals surface area contributed by atoms with Gasteiger partial charge >= 0.3 is 0 Å². The first kappa shape index (κ1) is 29.9. The van der Waals surface area contributed by atoms with E-state index < -0.39 is 5.41 Å². The molecule has 0 bridgehead atoms.